The van der Waals surface area contributed by atoms with Gasteiger partial charge in [0.15, 0.2) is 0 Å². The van der Waals surface area contributed by atoms with Crippen molar-refractivity contribution in [2.24, 2.45) is 0 Å². The van der Waals surface area contributed by atoms with Crippen LogP contribution in [0.4, 0.5) is 4.39 Å². The molecule has 1 aliphatic rings. The maximum atomic E-state index is 13.5. The summed E-state index contributed by atoms with van der Waals surface area (Å²) in [6.45, 7) is 1.99. The summed E-state index contributed by atoms with van der Waals surface area (Å²) < 4.78 is 13.5. The molecular formula is C19H27FN2O2. The third-order valence-electron chi connectivity index (χ3n) is 4.66. The van der Waals surface area contributed by atoms with Crippen LogP contribution in [0.2, 0.25) is 0 Å². The fourth-order valence-corrected chi connectivity index (χ4v) is 3.32. The minimum absolute atomic E-state index is 0.0499. The SMILES string of the molecule is CC(=O)N(CC(=O)NCCc1ccccc1F)C1CCCCCC1. The van der Waals surface area contributed by atoms with Crippen LogP contribution in [-0.4, -0.2) is 35.8 Å². The van der Waals surface area contributed by atoms with E-state index >= 15 is 0 Å². The normalized spacial score (nSPS) is 15.6. The highest BCUT2D eigenvalue weighted by Crippen LogP contribution is 2.21. The van der Waals surface area contributed by atoms with Crippen LogP contribution in [0.5, 0.6) is 0 Å². The first kappa shape index (κ1) is 18.4. The molecule has 1 saturated carbocycles. The van der Waals surface area contributed by atoms with E-state index in [1.165, 1.54) is 25.8 Å². The van der Waals surface area contributed by atoms with Gasteiger partial charge >= 0.3 is 0 Å². The highest BCUT2D eigenvalue weighted by molar-refractivity contribution is 5.84. The Bertz CT molecular complexity index is 554. The predicted molar refractivity (Wildman–Crippen MR) is 92.0 cm³/mol. The summed E-state index contributed by atoms with van der Waals surface area (Å²) >= 11 is 0. The number of halogens is 1. The van der Waals surface area contributed by atoms with Gasteiger partial charge in [0.2, 0.25) is 11.8 Å². The molecule has 5 heteroatoms. The summed E-state index contributed by atoms with van der Waals surface area (Å²) in [6, 6.07) is 6.73. The van der Waals surface area contributed by atoms with Gasteiger partial charge in [-0.25, -0.2) is 4.39 Å². The van der Waals surface area contributed by atoms with Gasteiger partial charge in [-0.3, -0.25) is 9.59 Å². The number of carbonyl (C=O) groups is 2. The summed E-state index contributed by atoms with van der Waals surface area (Å²) in [7, 11) is 0. The average molecular weight is 334 g/mol. The number of hydrogen-bond acceptors (Lipinski definition) is 2. The van der Waals surface area contributed by atoms with Crippen molar-refractivity contribution in [3.8, 4) is 0 Å². The lowest BCUT2D eigenvalue weighted by molar-refractivity contribution is -0.136. The molecule has 0 spiro atoms. The molecule has 1 fully saturated rings. The molecule has 0 heterocycles. The first-order chi connectivity index (χ1) is 11.6. The van der Waals surface area contributed by atoms with Gasteiger partial charge in [0.25, 0.3) is 0 Å². The Morgan fingerprint density at radius 1 is 1.17 bits per heavy atom. The minimum Gasteiger partial charge on any atom is -0.354 e. The average Bonchev–Trinajstić information content (AvgIpc) is 2.83. The Hall–Kier alpha value is -1.91. The molecule has 4 nitrogen and oxygen atoms in total. The van der Waals surface area contributed by atoms with Crippen molar-refractivity contribution < 1.29 is 14.0 Å². The fourth-order valence-electron chi connectivity index (χ4n) is 3.32. The van der Waals surface area contributed by atoms with Crippen LogP contribution in [0.25, 0.3) is 0 Å². The Morgan fingerprint density at radius 2 is 1.83 bits per heavy atom. The van der Waals surface area contributed by atoms with E-state index in [4.69, 9.17) is 0 Å². The smallest absolute Gasteiger partial charge is 0.239 e. The van der Waals surface area contributed by atoms with E-state index in [2.05, 4.69) is 5.32 Å². The lowest BCUT2D eigenvalue weighted by Crippen LogP contribution is -2.45. The zero-order chi connectivity index (χ0) is 17.4. The molecule has 0 aromatic heterocycles. The lowest BCUT2D eigenvalue weighted by atomic mass is 10.1. The second-order valence-corrected chi connectivity index (χ2v) is 6.48. The molecule has 132 valence electrons. The van der Waals surface area contributed by atoms with Crippen molar-refractivity contribution in [1.82, 2.24) is 10.2 Å². The van der Waals surface area contributed by atoms with Gasteiger partial charge in [0, 0.05) is 19.5 Å². The molecule has 24 heavy (non-hydrogen) atoms. The van der Waals surface area contributed by atoms with Crippen molar-refractivity contribution >= 4 is 11.8 Å². The maximum Gasteiger partial charge on any atom is 0.239 e. The zero-order valence-electron chi connectivity index (χ0n) is 14.4. The van der Waals surface area contributed by atoms with Crippen molar-refractivity contribution in [1.29, 1.82) is 0 Å². The van der Waals surface area contributed by atoms with E-state index in [-0.39, 0.29) is 30.2 Å². The number of benzene rings is 1. The van der Waals surface area contributed by atoms with Gasteiger partial charge in [-0.05, 0) is 30.9 Å². The molecule has 2 amide bonds. The summed E-state index contributed by atoms with van der Waals surface area (Å²) in [5.74, 6) is -0.479. The minimum atomic E-state index is -0.254. The maximum absolute atomic E-state index is 13.5. The molecule has 1 aliphatic carbocycles. The van der Waals surface area contributed by atoms with Gasteiger partial charge in [-0.2, -0.15) is 0 Å². The van der Waals surface area contributed by atoms with E-state index in [1.807, 2.05) is 0 Å². The standard InChI is InChI=1S/C19H27FN2O2/c1-15(23)22(17-9-4-2-3-5-10-17)14-19(24)21-13-12-16-8-6-7-11-18(16)20/h6-8,11,17H,2-5,9-10,12-14H2,1H3,(H,21,24). The number of carbonyl (C=O) groups excluding carboxylic acids is 2. The molecule has 0 radical (unpaired) electrons. The number of rotatable bonds is 6. The van der Waals surface area contributed by atoms with E-state index in [1.54, 1.807) is 23.1 Å². The third-order valence-corrected chi connectivity index (χ3v) is 4.66. The van der Waals surface area contributed by atoms with Crippen LogP contribution in [0.15, 0.2) is 24.3 Å². The molecule has 1 N–H and O–H groups in total. The number of hydrogen-bond donors (Lipinski definition) is 1. The highest BCUT2D eigenvalue weighted by atomic mass is 19.1. The van der Waals surface area contributed by atoms with E-state index < -0.39 is 0 Å². The Kier molecular flexibility index (Phi) is 7.22. The largest absolute Gasteiger partial charge is 0.354 e. The van der Waals surface area contributed by atoms with Crippen LogP contribution >= 0.6 is 0 Å². The van der Waals surface area contributed by atoms with E-state index in [0.29, 0.717) is 18.5 Å². The molecule has 0 unspecified atom stereocenters. The van der Waals surface area contributed by atoms with Gasteiger partial charge in [0.1, 0.15) is 5.82 Å². The van der Waals surface area contributed by atoms with Crippen molar-refractivity contribution in [3.05, 3.63) is 35.6 Å². The molecule has 1 aromatic rings. The predicted octanol–water partition coefficient (Wildman–Crippen LogP) is 3.06. The van der Waals surface area contributed by atoms with Gasteiger partial charge < -0.3 is 10.2 Å². The van der Waals surface area contributed by atoms with Crippen LogP contribution < -0.4 is 5.32 Å². The van der Waals surface area contributed by atoms with Crippen LogP contribution in [0, 0.1) is 5.82 Å². The van der Waals surface area contributed by atoms with Crippen molar-refractivity contribution in [2.45, 2.75) is 57.9 Å². The molecule has 0 atom stereocenters. The summed E-state index contributed by atoms with van der Waals surface area (Å²) in [5, 5.41) is 2.80. The van der Waals surface area contributed by atoms with Crippen molar-refractivity contribution in [2.75, 3.05) is 13.1 Å². The zero-order valence-corrected chi connectivity index (χ0v) is 14.4. The quantitative estimate of drug-likeness (QED) is 0.813. The number of nitrogens with one attached hydrogen (secondary N) is 1. The fraction of sp³-hybridized carbons (Fsp3) is 0.579. The topological polar surface area (TPSA) is 49.4 Å². The third kappa shape index (κ3) is 5.62. The van der Waals surface area contributed by atoms with Crippen LogP contribution in [0.1, 0.15) is 51.0 Å². The van der Waals surface area contributed by atoms with Crippen LogP contribution in [-0.2, 0) is 16.0 Å². The van der Waals surface area contributed by atoms with Gasteiger partial charge in [-0.15, -0.1) is 0 Å². The highest BCUT2D eigenvalue weighted by Gasteiger charge is 2.24. The molecule has 0 bridgehead atoms. The molecular weight excluding hydrogens is 307 g/mol. The van der Waals surface area contributed by atoms with Gasteiger partial charge in [-0.1, -0.05) is 43.9 Å². The molecule has 2 rings (SSSR count). The number of nitrogens with zero attached hydrogens (tertiary/aromatic N) is 1. The Balaban J connectivity index is 1.82. The first-order valence-corrected chi connectivity index (χ1v) is 8.85. The van der Waals surface area contributed by atoms with E-state index in [9.17, 15) is 14.0 Å². The second-order valence-electron chi connectivity index (χ2n) is 6.48. The van der Waals surface area contributed by atoms with Gasteiger partial charge in [0.05, 0.1) is 6.54 Å². The molecule has 1 aromatic carbocycles. The molecule has 0 saturated heterocycles. The second kappa shape index (κ2) is 9.40. The summed E-state index contributed by atoms with van der Waals surface area (Å²) in [4.78, 5) is 25.8. The van der Waals surface area contributed by atoms with Crippen LogP contribution in [0.3, 0.4) is 0 Å². The first-order valence-electron chi connectivity index (χ1n) is 8.85. The summed E-state index contributed by atoms with van der Waals surface area (Å²) in [6.07, 6.45) is 7.03. The molecule has 0 aliphatic heterocycles. The lowest BCUT2D eigenvalue weighted by Gasteiger charge is -2.29. The monoisotopic (exact) mass is 334 g/mol. The number of amides is 2. The van der Waals surface area contributed by atoms with E-state index in [0.717, 1.165) is 25.7 Å². The Morgan fingerprint density at radius 3 is 2.46 bits per heavy atom. The van der Waals surface area contributed by atoms with Crippen molar-refractivity contribution in [3.63, 3.8) is 0 Å². The Labute approximate surface area is 143 Å². The summed E-state index contributed by atoms with van der Waals surface area (Å²) in [5.41, 5.74) is 0.588.